The standard InChI is InChI=1S/C8H10N2O2/c1-7(11)10-12-6-8-3-2-4-9-5-8/h2-5H,6H2,1H3,(H,10,11). The second kappa shape index (κ2) is 4.46. The van der Waals surface area contributed by atoms with Crippen LogP contribution < -0.4 is 5.48 Å². The van der Waals surface area contributed by atoms with Gasteiger partial charge >= 0.3 is 0 Å². The number of carbonyl (C=O) groups excluding carboxylic acids is 1. The van der Waals surface area contributed by atoms with Gasteiger partial charge in [-0.2, -0.15) is 0 Å². The van der Waals surface area contributed by atoms with E-state index in [4.69, 9.17) is 4.84 Å². The van der Waals surface area contributed by atoms with Gasteiger partial charge in [0, 0.05) is 19.3 Å². The number of nitrogens with one attached hydrogen (secondary N) is 1. The Balaban J connectivity index is 2.29. The molecule has 0 fully saturated rings. The maximum absolute atomic E-state index is 10.4. The Morgan fingerprint density at radius 1 is 1.75 bits per heavy atom. The van der Waals surface area contributed by atoms with E-state index < -0.39 is 0 Å². The summed E-state index contributed by atoms with van der Waals surface area (Å²) >= 11 is 0. The predicted octanol–water partition coefficient (Wildman–Crippen LogP) is 0.649. The van der Waals surface area contributed by atoms with E-state index in [-0.39, 0.29) is 5.91 Å². The summed E-state index contributed by atoms with van der Waals surface area (Å²) < 4.78 is 0. The lowest BCUT2D eigenvalue weighted by Gasteiger charge is -2.01. The van der Waals surface area contributed by atoms with Crippen LogP contribution in [0.15, 0.2) is 24.5 Å². The quantitative estimate of drug-likeness (QED) is 0.671. The van der Waals surface area contributed by atoms with Crippen LogP contribution in [0.5, 0.6) is 0 Å². The lowest BCUT2D eigenvalue weighted by molar-refractivity contribution is -0.132. The minimum atomic E-state index is -0.209. The second-order valence-corrected chi connectivity index (χ2v) is 2.31. The highest BCUT2D eigenvalue weighted by molar-refractivity contribution is 5.71. The number of pyridine rings is 1. The molecule has 1 heterocycles. The molecule has 1 aromatic rings. The average Bonchev–Trinajstić information content (AvgIpc) is 2.05. The van der Waals surface area contributed by atoms with Crippen molar-refractivity contribution in [1.82, 2.24) is 10.5 Å². The third kappa shape index (κ3) is 3.12. The third-order valence-corrected chi connectivity index (χ3v) is 1.18. The number of amides is 1. The molecule has 0 saturated heterocycles. The fourth-order valence-corrected chi connectivity index (χ4v) is 0.705. The Hall–Kier alpha value is -1.42. The Morgan fingerprint density at radius 3 is 3.17 bits per heavy atom. The van der Waals surface area contributed by atoms with Gasteiger partial charge < -0.3 is 0 Å². The molecule has 0 aliphatic rings. The van der Waals surface area contributed by atoms with Crippen molar-refractivity contribution < 1.29 is 9.63 Å². The van der Waals surface area contributed by atoms with E-state index in [1.165, 1.54) is 6.92 Å². The van der Waals surface area contributed by atoms with Crippen molar-refractivity contribution in [3.8, 4) is 0 Å². The largest absolute Gasteiger partial charge is 0.273 e. The molecule has 0 aliphatic heterocycles. The van der Waals surface area contributed by atoms with E-state index >= 15 is 0 Å². The molecule has 0 saturated carbocycles. The molecule has 0 radical (unpaired) electrons. The van der Waals surface area contributed by atoms with E-state index in [9.17, 15) is 4.79 Å². The van der Waals surface area contributed by atoms with Crippen LogP contribution in [0.4, 0.5) is 0 Å². The van der Waals surface area contributed by atoms with Crippen molar-refractivity contribution in [3.63, 3.8) is 0 Å². The summed E-state index contributed by atoms with van der Waals surface area (Å²) in [5.74, 6) is -0.209. The van der Waals surface area contributed by atoms with E-state index in [0.717, 1.165) is 5.56 Å². The van der Waals surface area contributed by atoms with Gasteiger partial charge in [-0.25, -0.2) is 5.48 Å². The first-order valence-electron chi connectivity index (χ1n) is 3.56. The Bertz CT molecular complexity index is 248. The number of hydroxylamine groups is 1. The average molecular weight is 166 g/mol. The van der Waals surface area contributed by atoms with Crippen LogP contribution >= 0.6 is 0 Å². The summed E-state index contributed by atoms with van der Waals surface area (Å²) in [6.07, 6.45) is 3.36. The molecule has 0 unspecified atom stereocenters. The van der Waals surface area contributed by atoms with Crippen LogP contribution in [0, 0.1) is 0 Å². The van der Waals surface area contributed by atoms with Crippen molar-refractivity contribution >= 4 is 5.91 Å². The first-order valence-corrected chi connectivity index (χ1v) is 3.56. The molecule has 1 N–H and O–H groups in total. The predicted molar refractivity (Wildman–Crippen MR) is 42.8 cm³/mol. The highest BCUT2D eigenvalue weighted by atomic mass is 16.6. The molecule has 0 spiro atoms. The molecular formula is C8H10N2O2. The molecule has 12 heavy (non-hydrogen) atoms. The topological polar surface area (TPSA) is 51.2 Å². The molecule has 0 atom stereocenters. The summed E-state index contributed by atoms with van der Waals surface area (Å²) in [6, 6.07) is 3.68. The maximum Gasteiger partial charge on any atom is 0.240 e. The van der Waals surface area contributed by atoms with Gasteiger partial charge in [0.15, 0.2) is 0 Å². The molecule has 0 bridgehead atoms. The number of aromatic nitrogens is 1. The van der Waals surface area contributed by atoms with E-state index in [1.807, 2.05) is 12.1 Å². The van der Waals surface area contributed by atoms with E-state index in [2.05, 4.69) is 10.5 Å². The Morgan fingerprint density at radius 2 is 2.58 bits per heavy atom. The SMILES string of the molecule is CC(=O)NOCc1cccnc1. The summed E-state index contributed by atoms with van der Waals surface area (Å²) in [5, 5.41) is 0. The minimum Gasteiger partial charge on any atom is -0.273 e. The summed E-state index contributed by atoms with van der Waals surface area (Å²) in [5.41, 5.74) is 3.15. The smallest absolute Gasteiger partial charge is 0.240 e. The molecular weight excluding hydrogens is 156 g/mol. The fourth-order valence-electron chi connectivity index (χ4n) is 0.705. The van der Waals surface area contributed by atoms with Gasteiger partial charge in [-0.1, -0.05) is 6.07 Å². The number of hydrogen-bond donors (Lipinski definition) is 1. The lowest BCUT2D eigenvalue weighted by atomic mass is 10.3. The van der Waals surface area contributed by atoms with E-state index in [0.29, 0.717) is 6.61 Å². The Kier molecular flexibility index (Phi) is 3.22. The summed E-state index contributed by atoms with van der Waals surface area (Å²) in [7, 11) is 0. The second-order valence-electron chi connectivity index (χ2n) is 2.31. The monoisotopic (exact) mass is 166 g/mol. The normalized spacial score (nSPS) is 9.42. The molecule has 1 aromatic heterocycles. The Labute approximate surface area is 70.5 Å². The highest BCUT2D eigenvalue weighted by Gasteiger charge is 1.92. The number of nitrogens with zero attached hydrogens (tertiary/aromatic N) is 1. The van der Waals surface area contributed by atoms with Crippen LogP contribution in [-0.2, 0) is 16.2 Å². The zero-order valence-electron chi connectivity index (χ0n) is 6.78. The molecule has 4 heteroatoms. The van der Waals surface area contributed by atoms with Crippen molar-refractivity contribution in [2.45, 2.75) is 13.5 Å². The van der Waals surface area contributed by atoms with Gasteiger partial charge in [-0.15, -0.1) is 0 Å². The number of hydrogen-bond acceptors (Lipinski definition) is 3. The first-order chi connectivity index (χ1) is 5.79. The summed E-state index contributed by atoms with van der Waals surface area (Å²) in [4.78, 5) is 19.1. The van der Waals surface area contributed by atoms with Crippen LogP contribution in [0.2, 0.25) is 0 Å². The fraction of sp³-hybridized carbons (Fsp3) is 0.250. The van der Waals surface area contributed by atoms with Gasteiger partial charge in [0.2, 0.25) is 5.91 Å². The molecule has 1 rings (SSSR count). The van der Waals surface area contributed by atoms with Crippen molar-refractivity contribution in [2.24, 2.45) is 0 Å². The van der Waals surface area contributed by atoms with Crippen LogP contribution in [0.25, 0.3) is 0 Å². The van der Waals surface area contributed by atoms with Gasteiger partial charge in [-0.3, -0.25) is 14.6 Å². The van der Waals surface area contributed by atoms with Crippen molar-refractivity contribution in [1.29, 1.82) is 0 Å². The van der Waals surface area contributed by atoms with Crippen LogP contribution in [-0.4, -0.2) is 10.9 Å². The van der Waals surface area contributed by atoms with E-state index in [1.54, 1.807) is 12.4 Å². The molecule has 1 amide bonds. The minimum absolute atomic E-state index is 0.209. The third-order valence-electron chi connectivity index (χ3n) is 1.18. The lowest BCUT2D eigenvalue weighted by Crippen LogP contribution is -2.19. The van der Waals surface area contributed by atoms with Gasteiger partial charge in [-0.05, 0) is 11.6 Å². The van der Waals surface area contributed by atoms with Crippen molar-refractivity contribution in [2.75, 3.05) is 0 Å². The first kappa shape index (κ1) is 8.67. The summed E-state index contributed by atoms with van der Waals surface area (Å²) in [6.45, 7) is 1.73. The molecule has 0 aliphatic carbocycles. The zero-order chi connectivity index (χ0) is 8.81. The molecule has 4 nitrogen and oxygen atoms in total. The number of rotatable bonds is 3. The molecule has 0 aromatic carbocycles. The van der Waals surface area contributed by atoms with Crippen LogP contribution in [0.3, 0.4) is 0 Å². The number of carbonyl (C=O) groups is 1. The van der Waals surface area contributed by atoms with Gasteiger partial charge in [0.25, 0.3) is 0 Å². The van der Waals surface area contributed by atoms with Crippen LogP contribution in [0.1, 0.15) is 12.5 Å². The van der Waals surface area contributed by atoms with Crippen molar-refractivity contribution in [3.05, 3.63) is 30.1 Å². The van der Waals surface area contributed by atoms with Gasteiger partial charge in [0.1, 0.15) is 6.61 Å². The van der Waals surface area contributed by atoms with Gasteiger partial charge in [0.05, 0.1) is 0 Å². The highest BCUT2D eigenvalue weighted by Crippen LogP contribution is 1.95. The molecule has 64 valence electrons. The zero-order valence-corrected chi connectivity index (χ0v) is 6.78. The maximum atomic E-state index is 10.4.